The van der Waals surface area contributed by atoms with Crippen molar-refractivity contribution in [1.82, 2.24) is 14.7 Å². The summed E-state index contributed by atoms with van der Waals surface area (Å²) < 4.78 is 1.46. The monoisotopic (exact) mass is 279 g/mol. The van der Waals surface area contributed by atoms with Crippen molar-refractivity contribution in [3.63, 3.8) is 0 Å². The lowest BCUT2D eigenvalue weighted by Crippen LogP contribution is -2.42. The maximum absolute atomic E-state index is 12.4. The van der Waals surface area contributed by atoms with Crippen LogP contribution in [0.3, 0.4) is 0 Å². The smallest absolute Gasteiger partial charge is 0.322 e. The van der Waals surface area contributed by atoms with E-state index in [0.29, 0.717) is 5.69 Å². The largest absolute Gasteiger partial charge is 0.364 e. The Morgan fingerprint density at radius 1 is 1.50 bits per heavy atom. The molecule has 1 saturated heterocycles. The molecule has 0 aliphatic carbocycles. The predicted octanol–water partition coefficient (Wildman–Crippen LogP) is 1.31. The number of hydrogen-bond acceptors (Lipinski definition) is 3. The van der Waals surface area contributed by atoms with Crippen LogP contribution in [0.4, 0.5) is 10.5 Å². The van der Waals surface area contributed by atoms with Gasteiger partial charge in [0.25, 0.3) is 5.91 Å². The van der Waals surface area contributed by atoms with E-state index in [1.165, 1.54) is 4.68 Å². The van der Waals surface area contributed by atoms with Gasteiger partial charge in [-0.05, 0) is 26.2 Å². The molecular formula is C13H21N5O2. The molecule has 0 aromatic carbocycles. The molecule has 0 bridgehead atoms. The first-order chi connectivity index (χ1) is 9.43. The van der Waals surface area contributed by atoms with Gasteiger partial charge in [0.15, 0.2) is 5.69 Å². The van der Waals surface area contributed by atoms with Gasteiger partial charge in [0.2, 0.25) is 0 Å². The quantitative estimate of drug-likeness (QED) is 0.873. The highest BCUT2D eigenvalue weighted by Gasteiger charge is 2.33. The van der Waals surface area contributed by atoms with E-state index < -0.39 is 5.91 Å². The standard InChI is InChI=1S/C13H21N5O2/c1-4-9-6-5-8(2)18(9)13(20)15-10-7-17(3)16-11(10)12(14)19/h7-9H,4-6H2,1-3H3,(H2,14,19)(H,15,20). The fraction of sp³-hybridized carbons (Fsp3) is 0.615. The molecule has 2 atom stereocenters. The molecule has 7 nitrogen and oxygen atoms in total. The summed E-state index contributed by atoms with van der Waals surface area (Å²) in [5.41, 5.74) is 5.70. The third-order valence-electron chi connectivity index (χ3n) is 3.80. The Morgan fingerprint density at radius 3 is 2.80 bits per heavy atom. The predicted molar refractivity (Wildman–Crippen MR) is 75.4 cm³/mol. The summed E-state index contributed by atoms with van der Waals surface area (Å²) in [7, 11) is 1.68. The first-order valence-corrected chi connectivity index (χ1v) is 6.86. The number of nitrogens with two attached hydrogens (primary N) is 1. The Morgan fingerprint density at radius 2 is 2.20 bits per heavy atom. The highest BCUT2D eigenvalue weighted by Crippen LogP contribution is 2.27. The fourth-order valence-electron chi connectivity index (χ4n) is 2.78. The zero-order valence-electron chi connectivity index (χ0n) is 12.1. The maximum Gasteiger partial charge on any atom is 0.322 e. The van der Waals surface area contributed by atoms with Crippen LogP contribution in [0.5, 0.6) is 0 Å². The van der Waals surface area contributed by atoms with Gasteiger partial charge in [-0.25, -0.2) is 4.79 Å². The first-order valence-electron chi connectivity index (χ1n) is 6.86. The van der Waals surface area contributed by atoms with Gasteiger partial charge in [-0.3, -0.25) is 9.48 Å². The van der Waals surface area contributed by atoms with E-state index >= 15 is 0 Å². The van der Waals surface area contributed by atoms with Gasteiger partial charge in [0, 0.05) is 25.3 Å². The normalized spacial score (nSPS) is 22.1. The van der Waals surface area contributed by atoms with Crippen LogP contribution >= 0.6 is 0 Å². The number of carbonyl (C=O) groups is 2. The average molecular weight is 279 g/mol. The number of nitrogens with one attached hydrogen (secondary N) is 1. The molecule has 7 heteroatoms. The number of likely N-dealkylation sites (tertiary alicyclic amines) is 1. The topological polar surface area (TPSA) is 93.2 Å². The lowest BCUT2D eigenvalue weighted by Gasteiger charge is -2.27. The van der Waals surface area contributed by atoms with Crippen molar-refractivity contribution in [2.45, 2.75) is 45.2 Å². The summed E-state index contributed by atoms with van der Waals surface area (Å²) in [5.74, 6) is -0.651. The zero-order chi connectivity index (χ0) is 14.9. The van der Waals surface area contributed by atoms with Crippen LogP contribution < -0.4 is 11.1 Å². The van der Waals surface area contributed by atoms with E-state index in [2.05, 4.69) is 17.3 Å². The second kappa shape index (κ2) is 5.52. The van der Waals surface area contributed by atoms with Crippen LogP contribution in [0.25, 0.3) is 0 Å². The van der Waals surface area contributed by atoms with Gasteiger partial charge >= 0.3 is 6.03 Å². The van der Waals surface area contributed by atoms with Crippen LogP contribution in [-0.4, -0.2) is 38.7 Å². The highest BCUT2D eigenvalue weighted by molar-refractivity contribution is 6.01. The number of nitrogens with zero attached hydrogens (tertiary/aromatic N) is 3. The van der Waals surface area contributed by atoms with E-state index in [4.69, 9.17) is 5.73 Å². The molecule has 110 valence electrons. The summed E-state index contributed by atoms with van der Waals surface area (Å²) in [4.78, 5) is 25.6. The maximum atomic E-state index is 12.4. The summed E-state index contributed by atoms with van der Waals surface area (Å²) >= 11 is 0. The van der Waals surface area contributed by atoms with Crippen molar-refractivity contribution in [1.29, 1.82) is 0 Å². The van der Waals surface area contributed by atoms with Gasteiger partial charge in [-0.2, -0.15) is 5.10 Å². The Kier molecular flexibility index (Phi) is 3.96. The van der Waals surface area contributed by atoms with Crippen molar-refractivity contribution >= 4 is 17.6 Å². The molecule has 1 aromatic heterocycles. The number of urea groups is 1. The summed E-state index contributed by atoms with van der Waals surface area (Å²) in [6.45, 7) is 4.11. The van der Waals surface area contributed by atoms with Crippen LogP contribution in [-0.2, 0) is 7.05 Å². The Bertz CT molecular complexity index is 525. The van der Waals surface area contributed by atoms with Crippen LogP contribution in [0.1, 0.15) is 43.6 Å². The van der Waals surface area contributed by atoms with Crippen molar-refractivity contribution < 1.29 is 9.59 Å². The third-order valence-corrected chi connectivity index (χ3v) is 3.80. The second-order valence-corrected chi connectivity index (χ2v) is 5.26. The number of hydrogen-bond donors (Lipinski definition) is 2. The minimum atomic E-state index is -0.651. The van der Waals surface area contributed by atoms with Gasteiger partial charge in [0.05, 0.1) is 5.69 Å². The van der Waals surface area contributed by atoms with Crippen molar-refractivity contribution in [2.75, 3.05) is 5.32 Å². The number of carbonyl (C=O) groups excluding carboxylic acids is 2. The fourth-order valence-corrected chi connectivity index (χ4v) is 2.78. The molecule has 1 fully saturated rings. The van der Waals surface area contributed by atoms with Crippen LogP contribution in [0.2, 0.25) is 0 Å². The van der Waals surface area contributed by atoms with E-state index in [1.54, 1.807) is 13.2 Å². The van der Waals surface area contributed by atoms with Gasteiger partial charge < -0.3 is 16.0 Å². The van der Waals surface area contributed by atoms with Gasteiger partial charge in [-0.15, -0.1) is 0 Å². The lowest BCUT2D eigenvalue weighted by molar-refractivity contribution is 0.0995. The number of primary amides is 1. The first kappa shape index (κ1) is 14.4. The summed E-state index contributed by atoms with van der Waals surface area (Å²) in [5, 5.41) is 6.71. The van der Waals surface area contributed by atoms with Crippen molar-refractivity contribution in [2.24, 2.45) is 12.8 Å². The van der Waals surface area contributed by atoms with Crippen LogP contribution in [0.15, 0.2) is 6.20 Å². The molecule has 3 N–H and O–H groups in total. The number of rotatable bonds is 3. The molecule has 1 aliphatic heterocycles. The number of aromatic nitrogens is 2. The second-order valence-electron chi connectivity index (χ2n) is 5.26. The molecule has 0 radical (unpaired) electrons. The van der Waals surface area contributed by atoms with Crippen molar-refractivity contribution in [3.05, 3.63) is 11.9 Å². The zero-order valence-corrected chi connectivity index (χ0v) is 12.1. The molecule has 2 unspecified atom stereocenters. The lowest BCUT2D eigenvalue weighted by atomic mass is 10.2. The molecule has 20 heavy (non-hydrogen) atoms. The Hall–Kier alpha value is -2.05. The molecule has 0 saturated carbocycles. The van der Waals surface area contributed by atoms with Gasteiger partial charge in [0.1, 0.15) is 0 Å². The summed E-state index contributed by atoms with van der Waals surface area (Å²) in [6.07, 6.45) is 4.52. The molecule has 2 heterocycles. The van der Waals surface area contributed by atoms with E-state index in [1.807, 2.05) is 11.8 Å². The SMILES string of the molecule is CCC1CCC(C)N1C(=O)Nc1cn(C)nc1C(N)=O. The minimum Gasteiger partial charge on any atom is -0.364 e. The third kappa shape index (κ3) is 2.61. The highest BCUT2D eigenvalue weighted by atomic mass is 16.2. The molecule has 3 amide bonds. The number of amides is 3. The van der Waals surface area contributed by atoms with Gasteiger partial charge in [-0.1, -0.05) is 6.92 Å². The molecule has 1 aliphatic rings. The number of aryl methyl sites for hydroxylation is 1. The molecular weight excluding hydrogens is 258 g/mol. The van der Waals surface area contributed by atoms with E-state index in [0.717, 1.165) is 19.3 Å². The molecule has 2 rings (SSSR count). The molecule has 0 spiro atoms. The minimum absolute atomic E-state index is 0.0840. The van der Waals surface area contributed by atoms with Crippen LogP contribution in [0, 0.1) is 0 Å². The summed E-state index contributed by atoms with van der Waals surface area (Å²) in [6, 6.07) is 0.254. The molecule has 1 aromatic rings. The Labute approximate surface area is 118 Å². The average Bonchev–Trinajstić information content (AvgIpc) is 2.92. The van der Waals surface area contributed by atoms with E-state index in [-0.39, 0.29) is 23.8 Å². The van der Waals surface area contributed by atoms with E-state index in [9.17, 15) is 9.59 Å². The Balaban J connectivity index is 2.17. The number of anilines is 1. The van der Waals surface area contributed by atoms with Crippen molar-refractivity contribution in [3.8, 4) is 0 Å².